The Kier molecular flexibility index (Phi) is 11.6. The minimum Gasteiger partial charge on any atom is -0.457 e. The van der Waals surface area contributed by atoms with E-state index in [1.807, 2.05) is 0 Å². The zero-order valence-corrected chi connectivity index (χ0v) is 28.2. The van der Waals surface area contributed by atoms with Crippen LogP contribution in [-0.2, 0) is 11.2 Å². The molecule has 3 rings (SSSR count). The number of ether oxygens (including phenoxy) is 1. The van der Waals surface area contributed by atoms with E-state index in [-0.39, 0.29) is 35.5 Å². The Morgan fingerprint density at radius 2 is 1.02 bits per heavy atom. The maximum atomic E-state index is 14.1. The number of anilines is 2. The summed E-state index contributed by atoms with van der Waals surface area (Å²) in [6.07, 6.45) is -25.8. The summed E-state index contributed by atoms with van der Waals surface area (Å²) in [5, 5.41) is 24.7. The molecule has 0 aliphatic heterocycles. The van der Waals surface area contributed by atoms with E-state index >= 15 is 0 Å². The molecule has 0 fully saturated rings. The summed E-state index contributed by atoms with van der Waals surface area (Å²) >= 11 is 0. The monoisotopic (exact) mass is 776 g/mol. The van der Waals surface area contributed by atoms with Crippen molar-refractivity contribution in [2.24, 2.45) is 5.92 Å². The van der Waals surface area contributed by atoms with Crippen LogP contribution in [0.15, 0.2) is 60.7 Å². The third-order valence-corrected chi connectivity index (χ3v) is 8.20. The Morgan fingerprint density at radius 1 is 0.642 bits per heavy atom. The zero-order valence-electron chi connectivity index (χ0n) is 28.2. The van der Waals surface area contributed by atoms with E-state index in [9.17, 15) is 72.5 Å². The largest absolute Gasteiger partial charge is 0.457 e. The number of carbonyl (C=O) groups excluding carboxylic acids is 2. The standard InChI is InChI=1S/C34H32F12N2O5/c1-6-28(4,5)48-25-14-12-21(16-23(25)30(52,33(41,42)43)34(44,45)46)53-20-11-13-24(22(15-20)29(51,31(35,36)37)32(38,39)40)47-27(50)19-9-7-18(8-10-19)26(49)17(2)3/h7-17,48,51-52H,6H2,1-5H3,(H,47,50). The van der Waals surface area contributed by atoms with Crippen molar-refractivity contribution in [1.29, 1.82) is 0 Å². The number of Topliss-reactive ketones (excluding diaryl/α,β-unsaturated/α-hetero) is 1. The maximum Gasteiger partial charge on any atom is 0.430 e. The van der Waals surface area contributed by atoms with Crippen molar-refractivity contribution in [3.63, 3.8) is 0 Å². The Morgan fingerprint density at radius 3 is 1.40 bits per heavy atom. The van der Waals surface area contributed by atoms with Gasteiger partial charge in [-0.25, -0.2) is 0 Å². The topological polar surface area (TPSA) is 108 Å². The van der Waals surface area contributed by atoms with Crippen molar-refractivity contribution in [3.8, 4) is 11.5 Å². The van der Waals surface area contributed by atoms with E-state index in [1.165, 1.54) is 32.9 Å². The van der Waals surface area contributed by atoms with Crippen LogP contribution in [0.5, 0.6) is 11.5 Å². The quantitative estimate of drug-likeness (QED) is 0.114. The van der Waals surface area contributed by atoms with Crippen LogP contribution in [0, 0.1) is 5.92 Å². The third kappa shape index (κ3) is 8.50. The number of nitrogens with one attached hydrogen (secondary N) is 2. The molecule has 0 radical (unpaired) electrons. The highest BCUT2D eigenvalue weighted by Crippen LogP contribution is 2.55. The lowest BCUT2D eigenvalue weighted by Crippen LogP contribution is -2.54. The van der Waals surface area contributed by atoms with Crippen molar-refractivity contribution in [2.75, 3.05) is 10.6 Å². The number of aliphatic hydroxyl groups is 2. The van der Waals surface area contributed by atoms with Gasteiger partial charge in [0, 0.05) is 45.1 Å². The average Bonchev–Trinajstić information content (AvgIpc) is 3.02. The highest BCUT2D eigenvalue weighted by atomic mass is 19.4. The molecule has 53 heavy (non-hydrogen) atoms. The number of halogens is 12. The molecule has 0 bridgehead atoms. The molecule has 0 saturated carbocycles. The Balaban J connectivity index is 2.23. The van der Waals surface area contributed by atoms with Gasteiger partial charge in [-0.3, -0.25) is 9.59 Å². The molecule has 4 N–H and O–H groups in total. The lowest BCUT2D eigenvalue weighted by Gasteiger charge is -2.36. The van der Waals surface area contributed by atoms with E-state index < -0.39 is 87.3 Å². The van der Waals surface area contributed by atoms with E-state index in [0.29, 0.717) is 24.3 Å². The van der Waals surface area contributed by atoms with Crippen LogP contribution in [0.3, 0.4) is 0 Å². The van der Waals surface area contributed by atoms with Gasteiger partial charge in [0.05, 0.1) is 0 Å². The number of amides is 1. The average molecular weight is 777 g/mol. The molecule has 0 spiro atoms. The number of carbonyl (C=O) groups is 2. The smallest absolute Gasteiger partial charge is 0.430 e. The van der Waals surface area contributed by atoms with Crippen LogP contribution in [0.25, 0.3) is 0 Å². The number of alkyl halides is 12. The molecule has 3 aromatic rings. The zero-order chi connectivity index (χ0) is 40.8. The second-order valence-electron chi connectivity index (χ2n) is 12.8. The molecule has 0 aliphatic rings. The minimum atomic E-state index is -6.54. The van der Waals surface area contributed by atoms with E-state index in [2.05, 4.69) is 5.32 Å². The molecule has 19 heteroatoms. The second kappa shape index (κ2) is 14.4. The van der Waals surface area contributed by atoms with Crippen molar-refractivity contribution in [2.45, 2.75) is 82.5 Å². The first-order valence-electron chi connectivity index (χ1n) is 15.3. The summed E-state index contributed by atoms with van der Waals surface area (Å²) in [7, 11) is 0. The van der Waals surface area contributed by atoms with Gasteiger partial charge in [0.15, 0.2) is 5.78 Å². The molecule has 0 saturated heterocycles. The number of ketones is 1. The predicted molar refractivity (Wildman–Crippen MR) is 167 cm³/mol. The first kappa shape index (κ1) is 42.9. The Bertz CT molecular complexity index is 1780. The number of benzene rings is 3. The van der Waals surface area contributed by atoms with Gasteiger partial charge in [-0.1, -0.05) is 32.9 Å². The van der Waals surface area contributed by atoms with Crippen molar-refractivity contribution < 1.29 is 77.2 Å². The molecule has 7 nitrogen and oxygen atoms in total. The first-order valence-corrected chi connectivity index (χ1v) is 15.3. The van der Waals surface area contributed by atoms with Crippen LogP contribution < -0.4 is 15.4 Å². The highest BCUT2D eigenvalue weighted by Gasteiger charge is 2.73. The fourth-order valence-electron chi connectivity index (χ4n) is 4.83. The fourth-order valence-corrected chi connectivity index (χ4v) is 4.83. The van der Waals surface area contributed by atoms with Gasteiger partial charge in [0.25, 0.3) is 17.1 Å². The first-order chi connectivity index (χ1) is 23.9. The van der Waals surface area contributed by atoms with Crippen LogP contribution in [0.1, 0.15) is 72.9 Å². The summed E-state index contributed by atoms with van der Waals surface area (Å²) in [6.45, 7) is 7.47. The van der Waals surface area contributed by atoms with Crippen molar-refractivity contribution >= 4 is 23.1 Å². The second-order valence-corrected chi connectivity index (χ2v) is 12.8. The SMILES string of the molecule is CCC(C)(C)Nc1ccc(Oc2ccc(NC(=O)c3ccc(C(=O)C(C)C)cc3)c(C(O)(C(F)(F)F)C(F)(F)F)c2)cc1C(O)(C(F)(F)F)C(F)(F)F. The highest BCUT2D eigenvalue weighted by molar-refractivity contribution is 6.06. The van der Waals surface area contributed by atoms with Gasteiger partial charge in [-0.05, 0) is 68.8 Å². The lowest BCUT2D eigenvalue weighted by atomic mass is 9.89. The van der Waals surface area contributed by atoms with Gasteiger partial charge in [0.2, 0.25) is 0 Å². The van der Waals surface area contributed by atoms with Crippen molar-refractivity contribution in [3.05, 3.63) is 82.9 Å². The summed E-state index contributed by atoms with van der Waals surface area (Å²) in [5.74, 6) is -4.25. The fraction of sp³-hybridized carbons (Fsp3) is 0.412. The summed E-state index contributed by atoms with van der Waals surface area (Å²) in [6, 6.07) is 6.74. The van der Waals surface area contributed by atoms with Gasteiger partial charge < -0.3 is 25.6 Å². The predicted octanol–water partition coefficient (Wildman–Crippen LogP) is 9.79. The van der Waals surface area contributed by atoms with Gasteiger partial charge >= 0.3 is 24.7 Å². The van der Waals surface area contributed by atoms with Crippen LogP contribution in [0.2, 0.25) is 0 Å². The normalized spacial score (nSPS) is 13.6. The van der Waals surface area contributed by atoms with Gasteiger partial charge in [0.1, 0.15) is 11.5 Å². The summed E-state index contributed by atoms with van der Waals surface area (Å²) in [5.41, 5.74) is -18.8. The Labute approximate surface area is 293 Å². The molecule has 0 unspecified atom stereocenters. The van der Waals surface area contributed by atoms with Gasteiger partial charge in [-0.15, -0.1) is 0 Å². The van der Waals surface area contributed by atoms with E-state index in [1.54, 1.807) is 19.2 Å². The summed E-state index contributed by atoms with van der Waals surface area (Å²) in [4.78, 5) is 25.1. The van der Waals surface area contributed by atoms with E-state index in [4.69, 9.17) is 4.74 Å². The minimum absolute atomic E-state index is 0.0395. The van der Waals surface area contributed by atoms with Crippen LogP contribution in [0.4, 0.5) is 64.1 Å². The molecule has 292 valence electrons. The molecule has 0 aromatic heterocycles. The number of hydrogen-bond acceptors (Lipinski definition) is 6. The van der Waals surface area contributed by atoms with Gasteiger partial charge in [-0.2, -0.15) is 52.7 Å². The molecule has 0 heterocycles. The third-order valence-electron chi connectivity index (χ3n) is 8.20. The molecule has 0 atom stereocenters. The molecule has 1 amide bonds. The molecular formula is C34H32F12N2O5. The summed E-state index contributed by atoms with van der Waals surface area (Å²) < 4.78 is 174. The van der Waals surface area contributed by atoms with Crippen molar-refractivity contribution in [1.82, 2.24) is 0 Å². The molecular weight excluding hydrogens is 744 g/mol. The Hall–Kier alpha value is -4.52. The maximum absolute atomic E-state index is 14.1. The molecule has 3 aromatic carbocycles. The number of hydrogen-bond donors (Lipinski definition) is 4. The van der Waals surface area contributed by atoms with E-state index in [0.717, 1.165) is 12.1 Å². The lowest BCUT2D eigenvalue weighted by molar-refractivity contribution is -0.376. The van der Waals surface area contributed by atoms with Crippen LogP contribution in [-0.4, -0.2) is 52.1 Å². The molecule has 0 aliphatic carbocycles. The number of rotatable bonds is 11. The van der Waals surface area contributed by atoms with Crippen LogP contribution >= 0.6 is 0 Å².